The molecular formula is C10H16N2O. The number of hydrogen-bond acceptors (Lipinski definition) is 2. The van der Waals surface area contributed by atoms with Crippen LogP contribution >= 0.6 is 0 Å². The summed E-state index contributed by atoms with van der Waals surface area (Å²) in [5.41, 5.74) is 3.17. The third-order valence-electron chi connectivity index (χ3n) is 1.93. The van der Waals surface area contributed by atoms with Gasteiger partial charge in [-0.2, -0.15) is 5.10 Å². The number of allylic oxidation sites excluding steroid dienone is 1. The lowest BCUT2D eigenvalue weighted by Gasteiger charge is -2.00. The maximum Gasteiger partial charge on any atom is 0.0698 e. The van der Waals surface area contributed by atoms with Gasteiger partial charge < -0.3 is 5.11 Å². The second-order valence-electron chi connectivity index (χ2n) is 3.39. The molecule has 0 aliphatic rings. The van der Waals surface area contributed by atoms with Crippen LogP contribution in [0.15, 0.2) is 12.3 Å². The van der Waals surface area contributed by atoms with Crippen molar-refractivity contribution in [3.8, 4) is 0 Å². The van der Waals surface area contributed by atoms with Crippen molar-refractivity contribution in [3.05, 3.63) is 23.5 Å². The molecule has 0 saturated carbocycles. The number of rotatable bonds is 2. The fraction of sp³-hybridized carbons (Fsp3) is 0.500. The second kappa shape index (κ2) is 3.75. The van der Waals surface area contributed by atoms with Crippen LogP contribution in [-0.4, -0.2) is 21.0 Å². The number of hydrogen-bond donors (Lipinski definition) is 1. The van der Waals surface area contributed by atoms with Gasteiger partial charge in [-0.15, -0.1) is 0 Å². The molecule has 1 aromatic heterocycles. The Morgan fingerprint density at radius 3 is 2.69 bits per heavy atom. The number of aryl methyl sites for hydroxylation is 2. The minimum atomic E-state index is -0.403. The Kier molecular flexibility index (Phi) is 2.88. The predicted octanol–water partition coefficient (Wildman–Crippen LogP) is 1.51. The van der Waals surface area contributed by atoms with E-state index >= 15 is 0 Å². The fourth-order valence-electron chi connectivity index (χ4n) is 1.44. The van der Waals surface area contributed by atoms with E-state index in [0.717, 1.165) is 16.8 Å². The summed E-state index contributed by atoms with van der Waals surface area (Å²) in [6.45, 7) is 5.70. The molecule has 0 aliphatic carbocycles. The van der Waals surface area contributed by atoms with Gasteiger partial charge in [0.25, 0.3) is 0 Å². The molecule has 1 aromatic rings. The summed E-state index contributed by atoms with van der Waals surface area (Å²) < 4.78 is 1.78. The van der Waals surface area contributed by atoms with Crippen LogP contribution in [-0.2, 0) is 7.05 Å². The summed E-state index contributed by atoms with van der Waals surface area (Å²) in [6.07, 6.45) is 3.38. The minimum absolute atomic E-state index is 0.403. The van der Waals surface area contributed by atoms with Gasteiger partial charge in [0, 0.05) is 18.8 Å². The monoisotopic (exact) mass is 180 g/mol. The van der Waals surface area contributed by atoms with Gasteiger partial charge in [0.2, 0.25) is 0 Å². The molecular weight excluding hydrogens is 164 g/mol. The second-order valence-corrected chi connectivity index (χ2v) is 3.39. The van der Waals surface area contributed by atoms with Crippen LogP contribution in [0.2, 0.25) is 0 Å². The molecule has 1 rings (SSSR count). The lowest BCUT2D eigenvalue weighted by molar-refractivity contribution is 0.244. The van der Waals surface area contributed by atoms with Crippen molar-refractivity contribution in [1.29, 1.82) is 0 Å². The Morgan fingerprint density at radius 2 is 2.31 bits per heavy atom. The molecule has 0 aromatic carbocycles. The van der Waals surface area contributed by atoms with Crippen molar-refractivity contribution in [3.63, 3.8) is 0 Å². The molecule has 0 bridgehead atoms. The zero-order chi connectivity index (χ0) is 10.0. The highest BCUT2D eigenvalue weighted by molar-refractivity contribution is 5.65. The molecule has 1 atom stereocenters. The van der Waals surface area contributed by atoms with Crippen LogP contribution in [0.1, 0.15) is 25.1 Å². The molecule has 0 spiro atoms. The van der Waals surface area contributed by atoms with Crippen molar-refractivity contribution in [1.82, 2.24) is 9.78 Å². The van der Waals surface area contributed by atoms with E-state index < -0.39 is 6.10 Å². The van der Waals surface area contributed by atoms with Crippen molar-refractivity contribution in [2.75, 3.05) is 0 Å². The third-order valence-corrected chi connectivity index (χ3v) is 1.93. The van der Waals surface area contributed by atoms with Crippen molar-refractivity contribution in [2.45, 2.75) is 26.9 Å². The topological polar surface area (TPSA) is 38.0 Å². The van der Waals surface area contributed by atoms with E-state index in [1.54, 1.807) is 11.6 Å². The molecule has 1 N–H and O–H groups in total. The minimum Gasteiger partial charge on any atom is -0.389 e. The van der Waals surface area contributed by atoms with E-state index in [9.17, 15) is 5.11 Å². The van der Waals surface area contributed by atoms with Gasteiger partial charge in [0.05, 0.1) is 11.8 Å². The number of aliphatic hydroxyl groups is 1. The highest BCUT2D eigenvalue weighted by Crippen LogP contribution is 2.17. The summed E-state index contributed by atoms with van der Waals surface area (Å²) in [4.78, 5) is 0. The number of aliphatic hydroxyl groups excluding tert-OH is 1. The Bertz CT molecular complexity index is 324. The van der Waals surface area contributed by atoms with Crippen molar-refractivity contribution in [2.24, 2.45) is 7.05 Å². The Balaban J connectivity index is 3.01. The van der Waals surface area contributed by atoms with Crippen molar-refractivity contribution >= 4 is 5.57 Å². The van der Waals surface area contributed by atoms with Crippen molar-refractivity contribution < 1.29 is 5.11 Å². The summed E-state index contributed by atoms with van der Waals surface area (Å²) in [6, 6.07) is 0. The average Bonchev–Trinajstić information content (AvgIpc) is 2.28. The number of aromatic nitrogens is 2. The van der Waals surface area contributed by atoms with E-state index in [-0.39, 0.29) is 0 Å². The van der Waals surface area contributed by atoms with Crippen LogP contribution < -0.4 is 0 Å². The lowest BCUT2D eigenvalue weighted by Crippen LogP contribution is -1.94. The number of nitrogens with zero attached hydrogens (tertiary/aromatic N) is 2. The van der Waals surface area contributed by atoms with Crippen LogP contribution in [0, 0.1) is 6.92 Å². The first-order valence-corrected chi connectivity index (χ1v) is 4.38. The molecule has 1 heterocycles. The molecule has 0 amide bonds. The molecule has 1 unspecified atom stereocenters. The van der Waals surface area contributed by atoms with Gasteiger partial charge in [0.15, 0.2) is 0 Å². The quantitative estimate of drug-likeness (QED) is 0.749. The molecule has 3 nitrogen and oxygen atoms in total. The summed E-state index contributed by atoms with van der Waals surface area (Å²) in [5.74, 6) is 0. The highest BCUT2D eigenvalue weighted by Gasteiger charge is 2.04. The van der Waals surface area contributed by atoms with Gasteiger partial charge in [-0.1, -0.05) is 6.08 Å². The van der Waals surface area contributed by atoms with Crippen LogP contribution in [0.3, 0.4) is 0 Å². The Labute approximate surface area is 78.7 Å². The van der Waals surface area contributed by atoms with E-state index in [0.29, 0.717) is 0 Å². The lowest BCUT2D eigenvalue weighted by atomic mass is 10.1. The van der Waals surface area contributed by atoms with Crippen LogP contribution in [0.5, 0.6) is 0 Å². The summed E-state index contributed by atoms with van der Waals surface area (Å²) in [7, 11) is 1.89. The molecule has 72 valence electrons. The molecule has 0 aliphatic heterocycles. The van der Waals surface area contributed by atoms with Gasteiger partial charge in [-0.25, -0.2) is 0 Å². The average molecular weight is 180 g/mol. The molecule has 0 radical (unpaired) electrons. The zero-order valence-electron chi connectivity index (χ0n) is 8.57. The summed E-state index contributed by atoms with van der Waals surface area (Å²) >= 11 is 0. The van der Waals surface area contributed by atoms with Crippen LogP contribution in [0.25, 0.3) is 5.57 Å². The third kappa shape index (κ3) is 2.42. The van der Waals surface area contributed by atoms with E-state index in [2.05, 4.69) is 5.10 Å². The maximum atomic E-state index is 9.18. The zero-order valence-corrected chi connectivity index (χ0v) is 8.57. The first-order chi connectivity index (χ1) is 6.00. The fourth-order valence-corrected chi connectivity index (χ4v) is 1.44. The molecule has 0 saturated heterocycles. The summed E-state index contributed by atoms with van der Waals surface area (Å²) in [5, 5.41) is 13.4. The van der Waals surface area contributed by atoms with Gasteiger partial charge in [0.1, 0.15) is 0 Å². The van der Waals surface area contributed by atoms with E-state index in [4.69, 9.17) is 0 Å². The predicted molar refractivity (Wildman–Crippen MR) is 53.3 cm³/mol. The normalized spacial score (nSPS) is 14.7. The van der Waals surface area contributed by atoms with Gasteiger partial charge >= 0.3 is 0 Å². The largest absolute Gasteiger partial charge is 0.389 e. The standard InChI is InChI=1S/C10H16N2O/c1-7(5-8(2)13)10-6-12(4)11-9(10)3/h5-6,8,13H,1-4H3/b7-5-. The first kappa shape index (κ1) is 9.99. The van der Waals surface area contributed by atoms with E-state index in [1.165, 1.54) is 0 Å². The molecule has 13 heavy (non-hydrogen) atoms. The van der Waals surface area contributed by atoms with Gasteiger partial charge in [-0.05, 0) is 26.3 Å². The maximum absolute atomic E-state index is 9.18. The van der Waals surface area contributed by atoms with Gasteiger partial charge in [-0.3, -0.25) is 4.68 Å². The Hall–Kier alpha value is -1.09. The molecule has 0 fully saturated rings. The smallest absolute Gasteiger partial charge is 0.0698 e. The SMILES string of the molecule is C/C(=C/C(C)O)c1cn(C)nc1C. The first-order valence-electron chi connectivity index (χ1n) is 4.38. The van der Waals surface area contributed by atoms with Crippen LogP contribution in [0.4, 0.5) is 0 Å². The highest BCUT2D eigenvalue weighted by atomic mass is 16.3. The van der Waals surface area contributed by atoms with E-state index in [1.807, 2.05) is 33.2 Å². The Morgan fingerprint density at radius 1 is 1.69 bits per heavy atom. The molecule has 3 heteroatoms.